The molecule has 0 spiro atoms. The molecule has 1 aliphatic carbocycles. The number of imidazole rings is 2. The average molecular weight is 646 g/mol. The van der Waals surface area contributed by atoms with E-state index in [2.05, 4.69) is 40.9 Å². The van der Waals surface area contributed by atoms with Gasteiger partial charge in [0.15, 0.2) is 0 Å². The van der Waals surface area contributed by atoms with Gasteiger partial charge >= 0.3 is 21.1 Å². The third-order valence-electron chi connectivity index (χ3n) is 7.54. The molecule has 6 nitrogen and oxygen atoms in total. The van der Waals surface area contributed by atoms with Crippen LogP contribution in [-0.2, 0) is 40.8 Å². The molecule has 3 aliphatic rings. The van der Waals surface area contributed by atoms with Crippen LogP contribution in [0.4, 0.5) is 0 Å². The molecule has 1 saturated carbocycles. The summed E-state index contributed by atoms with van der Waals surface area (Å²) in [7, 11) is 0. The molecule has 0 N–H and O–H groups in total. The Labute approximate surface area is 219 Å². The Bertz CT molecular complexity index is 1390. The quantitative estimate of drug-likeness (QED) is 0.257. The maximum Gasteiger partial charge on any atom is 2.00 e. The Kier molecular flexibility index (Phi) is 5.80. The molecule has 0 bridgehead atoms. The second-order valence-electron chi connectivity index (χ2n) is 9.68. The van der Waals surface area contributed by atoms with Crippen LogP contribution in [0, 0.1) is 18.1 Å². The van der Waals surface area contributed by atoms with Gasteiger partial charge in [0.05, 0.1) is 17.3 Å². The van der Waals surface area contributed by atoms with Crippen molar-refractivity contribution in [1.29, 1.82) is 0 Å². The standard InChI is InChI=1S/C28H26N4O2.Pt/c1-18-4-2-3-5-22(18)25-16-31-12-10-19-6-7-20(14-23(19)28(31)30-25)34-21-8-9-26-24(15-21)27-29-11-13-32(27)17-33-26;/h6-9,11,13,16,18,22H,2-5,10,12,17H2,1H3;/q-2;+2. The minimum Gasteiger partial charge on any atom is -0.519 e. The van der Waals surface area contributed by atoms with Gasteiger partial charge in [0.2, 0.25) is 0 Å². The van der Waals surface area contributed by atoms with E-state index < -0.39 is 0 Å². The first-order valence-electron chi connectivity index (χ1n) is 12.2. The van der Waals surface area contributed by atoms with E-state index in [1.165, 1.54) is 36.9 Å². The molecule has 35 heavy (non-hydrogen) atoms. The van der Waals surface area contributed by atoms with Gasteiger partial charge in [-0.25, -0.2) is 0 Å². The van der Waals surface area contributed by atoms with E-state index in [4.69, 9.17) is 14.5 Å². The van der Waals surface area contributed by atoms with Crippen LogP contribution in [0.2, 0.25) is 0 Å². The zero-order valence-electron chi connectivity index (χ0n) is 19.6. The predicted octanol–water partition coefficient (Wildman–Crippen LogP) is 6.00. The van der Waals surface area contributed by atoms with Crippen molar-refractivity contribution >= 4 is 0 Å². The molecule has 0 radical (unpaired) electrons. The van der Waals surface area contributed by atoms with E-state index in [1.807, 2.05) is 29.0 Å². The summed E-state index contributed by atoms with van der Waals surface area (Å²) in [6.07, 6.45) is 12.1. The molecular formula is C28H26N4O2Pt. The number of aromatic nitrogens is 4. The maximum absolute atomic E-state index is 6.22. The van der Waals surface area contributed by atoms with Crippen molar-refractivity contribution in [1.82, 2.24) is 19.1 Å². The van der Waals surface area contributed by atoms with E-state index in [0.29, 0.717) is 30.1 Å². The summed E-state index contributed by atoms with van der Waals surface area (Å²) in [4.78, 5) is 9.58. The molecule has 4 heterocycles. The Hall–Kier alpha value is -2.85. The number of ether oxygens (including phenoxy) is 2. The molecule has 2 aromatic carbocycles. The number of hydrogen-bond donors (Lipinski definition) is 0. The van der Waals surface area contributed by atoms with Gasteiger partial charge < -0.3 is 18.6 Å². The van der Waals surface area contributed by atoms with Crippen molar-refractivity contribution in [3.05, 3.63) is 66.2 Å². The van der Waals surface area contributed by atoms with Crippen molar-refractivity contribution in [2.24, 2.45) is 5.92 Å². The van der Waals surface area contributed by atoms with Crippen molar-refractivity contribution in [3.63, 3.8) is 0 Å². The summed E-state index contributed by atoms with van der Waals surface area (Å²) in [5, 5.41) is 0. The van der Waals surface area contributed by atoms with Gasteiger partial charge in [-0.2, -0.15) is 0 Å². The van der Waals surface area contributed by atoms with Gasteiger partial charge in [-0.05, 0) is 18.8 Å². The van der Waals surface area contributed by atoms with E-state index in [-0.39, 0.29) is 21.1 Å². The molecule has 2 unspecified atom stereocenters. The van der Waals surface area contributed by atoms with Crippen LogP contribution in [0.1, 0.15) is 49.8 Å². The minimum absolute atomic E-state index is 0. The normalized spacial score (nSPS) is 19.9. The number of hydrogen-bond acceptors (Lipinski definition) is 4. The van der Waals surface area contributed by atoms with E-state index in [0.717, 1.165) is 41.5 Å². The van der Waals surface area contributed by atoms with Crippen LogP contribution in [0.15, 0.2) is 42.9 Å². The molecule has 7 heteroatoms. The summed E-state index contributed by atoms with van der Waals surface area (Å²) in [6.45, 7) is 3.81. The van der Waals surface area contributed by atoms with Crippen molar-refractivity contribution in [3.8, 4) is 40.0 Å². The van der Waals surface area contributed by atoms with Crippen LogP contribution in [0.25, 0.3) is 22.8 Å². The second kappa shape index (κ2) is 8.98. The van der Waals surface area contributed by atoms with E-state index in [1.54, 1.807) is 6.20 Å². The summed E-state index contributed by atoms with van der Waals surface area (Å²) < 4.78 is 16.3. The fourth-order valence-electron chi connectivity index (χ4n) is 5.66. The van der Waals surface area contributed by atoms with Crippen molar-refractivity contribution < 1.29 is 30.5 Å². The third-order valence-corrected chi connectivity index (χ3v) is 7.54. The smallest absolute Gasteiger partial charge is 0.519 e. The first-order chi connectivity index (χ1) is 16.7. The maximum atomic E-state index is 6.22. The molecule has 2 aliphatic heterocycles. The molecule has 0 amide bonds. The van der Waals surface area contributed by atoms with Crippen molar-refractivity contribution in [2.45, 2.75) is 58.2 Å². The Morgan fingerprint density at radius 1 is 1.00 bits per heavy atom. The number of benzene rings is 2. The topological polar surface area (TPSA) is 54.1 Å². The zero-order chi connectivity index (χ0) is 22.6. The molecular weight excluding hydrogens is 619 g/mol. The first-order valence-corrected chi connectivity index (χ1v) is 12.2. The van der Waals surface area contributed by atoms with Crippen molar-refractivity contribution in [2.75, 3.05) is 0 Å². The second-order valence-corrected chi connectivity index (χ2v) is 9.68. The summed E-state index contributed by atoms with van der Waals surface area (Å²) in [5.74, 6) is 5.17. The molecule has 1 fully saturated rings. The number of rotatable bonds is 3. The Morgan fingerprint density at radius 3 is 2.71 bits per heavy atom. The summed E-state index contributed by atoms with van der Waals surface area (Å²) in [6, 6.07) is 14.8. The molecule has 0 saturated heterocycles. The van der Waals surface area contributed by atoms with Gasteiger partial charge in [0.25, 0.3) is 0 Å². The molecule has 4 aromatic rings. The monoisotopic (exact) mass is 645 g/mol. The Balaban J connectivity index is 0.00000229. The van der Waals surface area contributed by atoms with Crippen LogP contribution in [-0.4, -0.2) is 19.1 Å². The number of fused-ring (bicyclic) bond motifs is 6. The molecule has 2 atom stereocenters. The van der Waals surface area contributed by atoms with Gasteiger partial charge in [-0.15, -0.1) is 29.3 Å². The summed E-state index contributed by atoms with van der Waals surface area (Å²) in [5.41, 5.74) is 4.38. The molecule has 2 aromatic heterocycles. The fourth-order valence-corrected chi connectivity index (χ4v) is 5.66. The van der Waals surface area contributed by atoms with E-state index >= 15 is 0 Å². The van der Waals surface area contributed by atoms with Gasteiger partial charge in [-0.3, -0.25) is 9.97 Å². The average Bonchev–Trinajstić information content (AvgIpc) is 3.52. The minimum atomic E-state index is 0. The first kappa shape index (κ1) is 22.6. The molecule has 7 rings (SSSR count). The molecule has 180 valence electrons. The summed E-state index contributed by atoms with van der Waals surface area (Å²) >= 11 is 0. The number of aryl methyl sites for hydroxylation is 2. The van der Waals surface area contributed by atoms with Gasteiger partial charge in [0.1, 0.15) is 6.73 Å². The predicted molar refractivity (Wildman–Crippen MR) is 128 cm³/mol. The van der Waals surface area contributed by atoms with Crippen LogP contribution < -0.4 is 9.47 Å². The van der Waals surface area contributed by atoms with E-state index in [9.17, 15) is 0 Å². The van der Waals surface area contributed by atoms with Gasteiger partial charge in [0, 0.05) is 48.3 Å². The Morgan fingerprint density at radius 2 is 1.83 bits per heavy atom. The third kappa shape index (κ3) is 3.92. The van der Waals surface area contributed by atoms with Crippen LogP contribution in [0.5, 0.6) is 17.2 Å². The number of nitrogens with zero attached hydrogens (tertiary/aromatic N) is 4. The van der Waals surface area contributed by atoms with Crippen LogP contribution in [0.3, 0.4) is 0 Å². The van der Waals surface area contributed by atoms with Gasteiger partial charge in [-0.1, -0.05) is 49.9 Å². The van der Waals surface area contributed by atoms with Crippen LogP contribution >= 0.6 is 0 Å². The zero-order valence-corrected chi connectivity index (χ0v) is 21.8. The SMILES string of the molecule is CC1CCCCC1c1cn2c(n1)-c1[c-]c(Oc3[c-]c4c(cc3)OCn3ccnc3-4)ccc1CC2.[Pt+2]. The fraction of sp³-hybridized carbons (Fsp3) is 0.357. The largest absolute Gasteiger partial charge is 2.00 e.